The van der Waals surface area contributed by atoms with Crippen molar-refractivity contribution in [3.63, 3.8) is 0 Å². The Kier molecular flexibility index (Phi) is 6.33. The fourth-order valence-electron chi connectivity index (χ4n) is 4.70. The summed E-state index contributed by atoms with van der Waals surface area (Å²) in [5.74, 6) is -0.103. The van der Waals surface area contributed by atoms with Gasteiger partial charge in [-0.1, -0.05) is 42.4 Å². The van der Waals surface area contributed by atoms with Gasteiger partial charge in [0.05, 0.1) is 10.9 Å². The first-order valence-electron chi connectivity index (χ1n) is 11.6. The molecule has 0 radical (unpaired) electrons. The number of hydrogen-bond acceptors (Lipinski definition) is 4. The van der Waals surface area contributed by atoms with Crippen LogP contribution in [0.2, 0.25) is 5.02 Å². The summed E-state index contributed by atoms with van der Waals surface area (Å²) in [6, 6.07) is 15.7. The van der Waals surface area contributed by atoms with Gasteiger partial charge in [-0.05, 0) is 53.9 Å². The predicted octanol–water partition coefficient (Wildman–Crippen LogP) is 4.82. The van der Waals surface area contributed by atoms with Crippen LogP contribution >= 0.6 is 11.6 Å². The van der Waals surface area contributed by atoms with Gasteiger partial charge in [0.25, 0.3) is 12.1 Å². The average Bonchev–Trinajstić information content (AvgIpc) is 2.88. The number of phenols is 1. The number of hydrogen-bond donors (Lipinski definition) is 1. The lowest BCUT2D eigenvalue weighted by Gasteiger charge is -2.33. The van der Waals surface area contributed by atoms with E-state index in [1.807, 2.05) is 35.8 Å². The van der Waals surface area contributed by atoms with Gasteiger partial charge in [0, 0.05) is 36.8 Å². The number of aromatic nitrogens is 2. The van der Waals surface area contributed by atoms with Crippen molar-refractivity contribution in [2.75, 3.05) is 31.1 Å². The summed E-state index contributed by atoms with van der Waals surface area (Å²) in [4.78, 5) is 20.7. The molecule has 1 amide bonds. The Balaban J connectivity index is 1.70. The van der Waals surface area contributed by atoms with Gasteiger partial charge in [-0.3, -0.25) is 4.79 Å². The van der Waals surface area contributed by atoms with E-state index in [0.717, 1.165) is 28.0 Å². The third-order valence-corrected chi connectivity index (χ3v) is 6.90. The van der Waals surface area contributed by atoms with Crippen molar-refractivity contribution in [2.24, 2.45) is 0 Å². The Labute approximate surface area is 213 Å². The number of nitrogens with zero attached hydrogens (tertiary/aromatic N) is 4. The maximum absolute atomic E-state index is 14.8. The van der Waals surface area contributed by atoms with Crippen LogP contribution in [0.1, 0.15) is 5.56 Å². The van der Waals surface area contributed by atoms with Crippen LogP contribution < -0.4 is 9.47 Å². The second kappa shape index (κ2) is 9.59. The number of rotatable bonds is 4. The third kappa shape index (κ3) is 4.16. The molecule has 8 heteroatoms. The Hall–Kier alpha value is -3.97. The summed E-state index contributed by atoms with van der Waals surface area (Å²) in [5.41, 5.74) is 3.17. The fourth-order valence-corrected chi connectivity index (χ4v) is 4.96. The largest absolute Gasteiger partial charge is 0.507 e. The predicted molar refractivity (Wildman–Crippen MR) is 139 cm³/mol. The number of amides is 1. The van der Waals surface area contributed by atoms with Crippen molar-refractivity contribution in [2.45, 2.75) is 6.92 Å². The molecule has 6 nitrogen and oxygen atoms in total. The molecule has 182 valence electrons. The van der Waals surface area contributed by atoms with Crippen molar-refractivity contribution < 1.29 is 18.9 Å². The van der Waals surface area contributed by atoms with Gasteiger partial charge in [0.15, 0.2) is 0 Å². The number of para-hydroxylation sites is 1. The molecular weight excluding hydrogens is 479 g/mol. The summed E-state index contributed by atoms with van der Waals surface area (Å²) >= 11 is 6.71. The van der Waals surface area contributed by atoms with E-state index in [1.165, 1.54) is 24.3 Å². The number of halogens is 2. The van der Waals surface area contributed by atoms with Gasteiger partial charge < -0.3 is 14.9 Å². The number of fused-ring (bicyclic) bond motifs is 1. The average molecular weight is 504 g/mol. The van der Waals surface area contributed by atoms with E-state index in [-0.39, 0.29) is 17.2 Å². The minimum Gasteiger partial charge on any atom is -0.507 e. The zero-order valence-corrected chi connectivity index (χ0v) is 20.5. The van der Waals surface area contributed by atoms with Crippen LogP contribution in [0, 0.1) is 12.7 Å². The van der Waals surface area contributed by atoms with Gasteiger partial charge >= 0.3 is 0 Å². The lowest BCUT2D eigenvalue weighted by molar-refractivity contribution is -0.571. The van der Waals surface area contributed by atoms with Crippen molar-refractivity contribution >= 4 is 34.2 Å². The van der Waals surface area contributed by atoms with Crippen LogP contribution in [-0.4, -0.2) is 47.1 Å². The Morgan fingerprint density at radius 3 is 2.58 bits per heavy atom. The summed E-state index contributed by atoms with van der Waals surface area (Å²) in [7, 11) is 0. The molecule has 0 aliphatic carbocycles. The van der Waals surface area contributed by atoms with Crippen molar-refractivity contribution in [3.8, 4) is 22.6 Å². The lowest BCUT2D eigenvalue weighted by Crippen LogP contribution is -2.49. The number of piperazine rings is 1. The van der Waals surface area contributed by atoms with E-state index in [4.69, 9.17) is 16.6 Å². The van der Waals surface area contributed by atoms with E-state index >= 15 is 0 Å². The van der Waals surface area contributed by atoms with E-state index in [0.29, 0.717) is 36.8 Å². The number of aromatic hydroxyl groups is 1. The highest BCUT2D eigenvalue weighted by Gasteiger charge is 2.28. The maximum Gasteiger partial charge on any atom is 0.294 e. The second-order valence-electron chi connectivity index (χ2n) is 8.72. The third-order valence-electron chi connectivity index (χ3n) is 6.58. The maximum atomic E-state index is 14.8. The van der Waals surface area contributed by atoms with Crippen LogP contribution in [0.5, 0.6) is 5.75 Å². The second-order valence-corrected chi connectivity index (χ2v) is 9.13. The molecule has 4 aromatic rings. The van der Waals surface area contributed by atoms with Gasteiger partial charge in [0.2, 0.25) is 5.91 Å². The number of benzene rings is 3. The normalized spacial score (nSPS) is 13.8. The van der Waals surface area contributed by atoms with Crippen LogP contribution in [0.15, 0.2) is 73.6 Å². The standard InChI is InChI=1S/C28H24ClFN4O2/c1-3-26(36)32-11-13-33(14-12-32)28-20-15-21(29)19(27-22(30)8-6-10-25(27)35)16-24(20)34(17-31-28)23-9-5-4-7-18(23)2/h3-10,15-17H,1,11-14H2,2H3/p+1. The zero-order valence-electron chi connectivity index (χ0n) is 19.8. The molecule has 1 fully saturated rings. The minimum atomic E-state index is -0.559. The molecule has 0 unspecified atom stereocenters. The van der Waals surface area contributed by atoms with E-state index in [2.05, 4.69) is 11.5 Å². The molecule has 0 bridgehead atoms. The van der Waals surface area contributed by atoms with Gasteiger partial charge in [0.1, 0.15) is 22.8 Å². The fraction of sp³-hybridized carbons (Fsp3) is 0.179. The van der Waals surface area contributed by atoms with Gasteiger partial charge in [-0.15, -0.1) is 0 Å². The highest BCUT2D eigenvalue weighted by Crippen LogP contribution is 2.39. The molecule has 1 aliphatic heterocycles. The van der Waals surface area contributed by atoms with Crippen LogP contribution in [0.25, 0.3) is 27.7 Å². The molecule has 3 aromatic carbocycles. The number of aryl methyl sites for hydroxylation is 1. The minimum absolute atomic E-state index is 0.0515. The number of phenolic OH excluding ortho intramolecular Hbond substituents is 1. The first kappa shape index (κ1) is 23.8. The highest BCUT2D eigenvalue weighted by molar-refractivity contribution is 6.34. The quantitative estimate of drug-likeness (QED) is 0.320. The van der Waals surface area contributed by atoms with Crippen LogP contribution in [-0.2, 0) is 4.79 Å². The first-order chi connectivity index (χ1) is 17.4. The summed E-state index contributed by atoms with van der Waals surface area (Å²) < 4.78 is 16.8. The van der Waals surface area contributed by atoms with Crippen molar-refractivity contribution in [1.29, 1.82) is 0 Å². The molecule has 1 aromatic heterocycles. The molecule has 5 rings (SSSR count). The monoisotopic (exact) mass is 503 g/mol. The van der Waals surface area contributed by atoms with E-state index in [1.54, 1.807) is 23.4 Å². The molecule has 1 saturated heterocycles. The zero-order chi connectivity index (χ0) is 25.4. The molecule has 36 heavy (non-hydrogen) atoms. The molecule has 1 N–H and O–H groups in total. The molecule has 1 aliphatic rings. The summed E-state index contributed by atoms with van der Waals surface area (Å²) in [5, 5.41) is 11.5. The number of carbonyl (C=O) groups is 1. The smallest absolute Gasteiger partial charge is 0.294 e. The molecule has 0 saturated carbocycles. The lowest BCUT2D eigenvalue weighted by atomic mass is 10.0. The Morgan fingerprint density at radius 1 is 1.14 bits per heavy atom. The molecule has 0 spiro atoms. The summed E-state index contributed by atoms with van der Waals surface area (Å²) in [6.07, 6.45) is 3.08. The van der Waals surface area contributed by atoms with Gasteiger partial charge in [-0.25, -0.2) is 4.39 Å². The number of anilines is 1. The Morgan fingerprint density at radius 2 is 1.89 bits per heavy atom. The first-order valence-corrected chi connectivity index (χ1v) is 12.0. The number of carbonyl (C=O) groups excluding carboxylic acids is 1. The van der Waals surface area contributed by atoms with E-state index < -0.39 is 5.82 Å². The van der Waals surface area contributed by atoms with Crippen LogP contribution in [0.4, 0.5) is 10.2 Å². The van der Waals surface area contributed by atoms with E-state index in [9.17, 15) is 14.3 Å². The summed E-state index contributed by atoms with van der Waals surface area (Å²) in [6.45, 7) is 7.89. The van der Waals surface area contributed by atoms with Gasteiger partial charge in [-0.2, -0.15) is 4.57 Å². The topological polar surface area (TPSA) is 60.6 Å². The highest BCUT2D eigenvalue weighted by atomic mass is 35.5. The molecule has 2 heterocycles. The van der Waals surface area contributed by atoms with Crippen LogP contribution in [0.3, 0.4) is 0 Å². The molecular formula is C28H25ClFN4O2+. The SMILES string of the molecule is C=CC(=O)N1CCN(c2nc[n+](-c3ccccc3C)c3cc(-c4c(O)cccc4F)c(Cl)cc23)CC1. The Bertz CT molecular complexity index is 1480. The molecule has 0 atom stereocenters. The van der Waals surface area contributed by atoms with Crippen molar-refractivity contribution in [3.05, 3.63) is 90.0 Å². The van der Waals surface area contributed by atoms with Crippen molar-refractivity contribution in [1.82, 2.24) is 9.88 Å².